The van der Waals surface area contributed by atoms with Crippen molar-refractivity contribution < 1.29 is 23.1 Å². The summed E-state index contributed by atoms with van der Waals surface area (Å²) in [6, 6.07) is 10.1. The molecule has 0 spiro atoms. The Morgan fingerprint density at radius 2 is 1.75 bits per heavy atom. The van der Waals surface area contributed by atoms with Gasteiger partial charge in [-0.15, -0.1) is 0 Å². The minimum Gasteiger partial charge on any atom is -0.392 e. The molecule has 3 rings (SSSR count). The topological polar surface area (TPSA) is 54.3 Å². The molecule has 1 aromatic heterocycles. The van der Waals surface area contributed by atoms with Crippen LogP contribution in [0.4, 0.5) is 18.9 Å². The van der Waals surface area contributed by atoms with Gasteiger partial charge in [0.1, 0.15) is 0 Å². The summed E-state index contributed by atoms with van der Waals surface area (Å²) in [4.78, 5) is 11.1. The molecule has 0 aliphatic heterocycles. The van der Waals surface area contributed by atoms with E-state index in [2.05, 4.69) is 0 Å². The van der Waals surface area contributed by atoms with Gasteiger partial charge in [-0.1, -0.05) is 6.07 Å². The minimum absolute atomic E-state index is 0.0781. The number of nitrogens with one attached hydrogen (secondary N) is 1. The Balaban J connectivity index is 2.17. The first-order chi connectivity index (χ1) is 11.3. The van der Waals surface area contributed by atoms with E-state index in [4.69, 9.17) is 0 Å². The molecule has 1 amide bonds. The second-order valence-electron chi connectivity index (χ2n) is 5.44. The zero-order valence-corrected chi connectivity index (χ0v) is 12.8. The van der Waals surface area contributed by atoms with Gasteiger partial charge < -0.3 is 15.0 Å². The number of carbonyl (C=O) groups excluding carboxylic acids is 1. The summed E-state index contributed by atoms with van der Waals surface area (Å²) in [5.41, 5.74) is 2.56. The van der Waals surface area contributed by atoms with E-state index in [9.17, 15) is 23.1 Å². The summed E-state index contributed by atoms with van der Waals surface area (Å²) in [6.07, 6.45) is -4.93. The van der Waals surface area contributed by atoms with Crippen molar-refractivity contribution in [2.24, 2.45) is 0 Å². The van der Waals surface area contributed by atoms with E-state index >= 15 is 0 Å². The van der Waals surface area contributed by atoms with Gasteiger partial charge in [-0.3, -0.25) is 4.79 Å². The summed E-state index contributed by atoms with van der Waals surface area (Å²) >= 11 is 0. The summed E-state index contributed by atoms with van der Waals surface area (Å²) in [7, 11) is 0. The largest absolute Gasteiger partial charge is 0.471 e. The second-order valence-corrected chi connectivity index (χ2v) is 5.44. The van der Waals surface area contributed by atoms with E-state index in [1.165, 1.54) is 12.1 Å². The molecule has 0 radical (unpaired) electrons. The van der Waals surface area contributed by atoms with Crippen LogP contribution in [0.15, 0.2) is 36.4 Å². The van der Waals surface area contributed by atoms with Crippen LogP contribution in [0.3, 0.4) is 0 Å². The van der Waals surface area contributed by atoms with Crippen molar-refractivity contribution in [2.75, 3.05) is 5.32 Å². The quantitative estimate of drug-likeness (QED) is 0.764. The lowest BCUT2D eigenvalue weighted by atomic mass is 10.1. The number of nitrogens with zero attached hydrogens (tertiary/aromatic N) is 1. The Morgan fingerprint density at radius 1 is 1.12 bits per heavy atom. The molecule has 0 atom stereocenters. The van der Waals surface area contributed by atoms with Gasteiger partial charge in [0.25, 0.3) is 0 Å². The van der Waals surface area contributed by atoms with Crippen molar-refractivity contribution in [3.63, 3.8) is 0 Å². The molecule has 0 saturated carbocycles. The van der Waals surface area contributed by atoms with Crippen LogP contribution in [-0.2, 0) is 17.9 Å². The number of aliphatic hydroxyl groups is 1. The molecule has 3 aromatic rings. The van der Waals surface area contributed by atoms with E-state index in [0.29, 0.717) is 12.1 Å². The number of aryl methyl sites for hydroxylation is 1. The van der Waals surface area contributed by atoms with Crippen molar-refractivity contribution in [1.29, 1.82) is 0 Å². The molecule has 0 aliphatic rings. The van der Waals surface area contributed by atoms with Gasteiger partial charge in [-0.25, -0.2) is 0 Å². The molecule has 2 aromatic carbocycles. The van der Waals surface area contributed by atoms with Crippen LogP contribution in [0.1, 0.15) is 12.5 Å². The fourth-order valence-electron chi connectivity index (χ4n) is 2.87. The maximum absolute atomic E-state index is 12.4. The third-order valence-electron chi connectivity index (χ3n) is 3.94. The Kier molecular flexibility index (Phi) is 3.96. The van der Waals surface area contributed by atoms with Crippen molar-refractivity contribution in [2.45, 2.75) is 26.3 Å². The number of amides is 1. The molecular weight excluding hydrogens is 321 g/mol. The smallest absolute Gasteiger partial charge is 0.392 e. The highest BCUT2D eigenvalue weighted by Crippen LogP contribution is 2.32. The number of halogens is 3. The predicted octanol–water partition coefficient (Wildman–Crippen LogP) is 3.81. The van der Waals surface area contributed by atoms with Crippen molar-refractivity contribution in [3.05, 3.63) is 42.0 Å². The van der Waals surface area contributed by atoms with Crippen LogP contribution in [-0.4, -0.2) is 21.8 Å². The maximum Gasteiger partial charge on any atom is 0.471 e. The van der Waals surface area contributed by atoms with Gasteiger partial charge >= 0.3 is 12.1 Å². The number of aliphatic hydroxyl groups excluding tert-OH is 1. The normalized spacial score (nSPS) is 12.0. The number of hydrogen-bond donors (Lipinski definition) is 2. The average molecular weight is 336 g/mol. The second kappa shape index (κ2) is 5.83. The van der Waals surface area contributed by atoms with Crippen LogP contribution < -0.4 is 5.32 Å². The number of anilines is 1. The van der Waals surface area contributed by atoms with Crippen molar-refractivity contribution >= 4 is 33.4 Å². The third kappa shape index (κ3) is 2.71. The molecule has 7 heteroatoms. The summed E-state index contributed by atoms with van der Waals surface area (Å²) in [6.45, 7) is 2.53. The average Bonchev–Trinajstić information content (AvgIpc) is 2.86. The molecule has 0 aliphatic carbocycles. The number of aromatic nitrogens is 1. The number of fused-ring (bicyclic) bond motifs is 3. The molecule has 2 N–H and O–H groups in total. The number of benzene rings is 2. The summed E-state index contributed by atoms with van der Waals surface area (Å²) in [5.74, 6) is -2.00. The van der Waals surface area contributed by atoms with Gasteiger partial charge in [0.05, 0.1) is 6.61 Å². The van der Waals surface area contributed by atoms with Gasteiger partial charge in [0.2, 0.25) is 0 Å². The SMILES string of the molecule is CCn1c2ccc(CO)cc2c2cc(NC(=O)C(F)(F)F)ccc21. The first-order valence-electron chi connectivity index (χ1n) is 7.39. The van der Waals surface area contributed by atoms with Crippen LogP contribution in [0, 0.1) is 0 Å². The Hall–Kier alpha value is -2.54. The number of rotatable bonds is 3. The lowest BCUT2D eigenvalue weighted by Crippen LogP contribution is -2.29. The molecule has 0 bridgehead atoms. The predicted molar refractivity (Wildman–Crippen MR) is 85.7 cm³/mol. The molecular formula is C17H15F3N2O2. The van der Waals surface area contributed by atoms with E-state index in [0.717, 1.165) is 21.8 Å². The Bertz CT molecular complexity index is 929. The Morgan fingerprint density at radius 3 is 2.33 bits per heavy atom. The molecule has 4 nitrogen and oxygen atoms in total. The number of hydrogen-bond acceptors (Lipinski definition) is 2. The fraction of sp³-hybridized carbons (Fsp3) is 0.235. The summed E-state index contributed by atoms with van der Waals surface area (Å²) < 4.78 is 39.3. The fourth-order valence-corrected chi connectivity index (χ4v) is 2.87. The molecule has 126 valence electrons. The lowest BCUT2D eigenvalue weighted by Gasteiger charge is -2.08. The highest BCUT2D eigenvalue weighted by atomic mass is 19.4. The first kappa shape index (κ1) is 16.3. The van der Waals surface area contributed by atoms with E-state index in [-0.39, 0.29) is 12.3 Å². The standard InChI is InChI=1S/C17H15F3N2O2/c1-2-22-14-5-3-10(9-23)7-12(14)13-8-11(4-6-15(13)22)21-16(24)17(18,19)20/h3-8,23H,2,9H2,1H3,(H,21,24). The van der Waals surface area contributed by atoms with Gasteiger partial charge in [0, 0.05) is 34.0 Å². The van der Waals surface area contributed by atoms with Gasteiger partial charge in [-0.05, 0) is 42.8 Å². The summed E-state index contributed by atoms with van der Waals surface area (Å²) in [5, 5.41) is 12.7. The van der Waals surface area contributed by atoms with Crippen LogP contribution in [0.5, 0.6) is 0 Å². The van der Waals surface area contributed by atoms with Crippen LogP contribution >= 0.6 is 0 Å². The Labute approximate surface area is 135 Å². The van der Waals surface area contributed by atoms with E-state index in [1.807, 2.05) is 22.9 Å². The first-order valence-corrected chi connectivity index (χ1v) is 7.39. The van der Waals surface area contributed by atoms with Gasteiger partial charge in [0.15, 0.2) is 0 Å². The lowest BCUT2D eigenvalue weighted by molar-refractivity contribution is -0.167. The monoisotopic (exact) mass is 336 g/mol. The third-order valence-corrected chi connectivity index (χ3v) is 3.94. The van der Waals surface area contributed by atoms with Crippen LogP contribution in [0.25, 0.3) is 21.8 Å². The molecule has 0 fully saturated rings. The van der Waals surface area contributed by atoms with Crippen molar-refractivity contribution in [1.82, 2.24) is 4.57 Å². The number of carbonyl (C=O) groups is 1. The van der Waals surface area contributed by atoms with Crippen molar-refractivity contribution in [3.8, 4) is 0 Å². The molecule has 24 heavy (non-hydrogen) atoms. The highest BCUT2D eigenvalue weighted by Gasteiger charge is 2.38. The highest BCUT2D eigenvalue weighted by molar-refractivity contribution is 6.10. The maximum atomic E-state index is 12.4. The van der Waals surface area contributed by atoms with E-state index in [1.54, 1.807) is 18.2 Å². The molecule has 1 heterocycles. The van der Waals surface area contributed by atoms with Crippen LogP contribution in [0.2, 0.25) is 0 Å². The zero-order valence-electron chi connectivity index (χ0n) is 12.8. The number of alkyl halides is 3. The van der Waals surface area contributed by atoms with E-state index < -0.39 is 12.1 Å². The zero-order chi connectivity index (χ0) is 17.5. The molecule has 0 saturated heterocycles. The minimum atomic E-state index is -4.93. The molecule has 0 unspecified atom stereocenters. The van der Waals surface area contributed by atoms with Gasteiger partial charge in [-0.2, -0.15) is 13.2 Å².